The normalized spacial score (nSPS) is 11.4. The molecule has 2 rings (SSSR count). The van der Waals surface area contributed by atoms with Gasteiger partial charge in [-0.05, 0) is 64.8 Å². The molecule has 0 saturated carbocycles. The van der Waals surface area contributed by atoms with Crippen molar-refractivity contribution in [1.82, 2.24) is 0 Å². The third-order valence-electron chi connectivity index (χ3n) is 2.64. The maximum absolute atomic E-state index is 13.5. The molecule has 2 aromatic rings. The second-order valence-corrected chi connectivity index (χ2v) is 7.11. The predicted molar refractivity (Wildman–Crippen MR) is 81.1 cm³/mol. The van der Waals surface area contributed by atoms with E-state index >= 15 is 0 Å². The highest BCUT2D eigenvalue weighted by Gasteiger charge is 2.16. The first kappa shape index (κ1) is 15.3. The minimum absolute atomic E-state index is 0.0598. The highest BCUT2D eigenvalue weighted by atomic mass is 79.9. The minimum atomic E-state index is -3.77. The Balaban J connectivity index is 2.38. The van der Waals surface area contributed by atoms with Gasteiger partial charge in [0.1, 0.15) is 5.82 Å². The average molecular weight is 379 g/mol. The van der Waals surface area contributed by atoms with Crippen molar-refractivity contribution in [2.45, 2.75) is 11.8 Å². The van der Waals surface area contributed by atoms with Gasteiger partial charge in [-0.15, -0.1) is 0 Å². The number of halogens is 3. The van der Waals surface area contributed by atoms with Gasteiger partial charge in [0.05, 0.1) is 15.1 Å². The van der Waals surface area contributed by atoms with E-state index in [2.05, 4.69) is 20.7 Å². The molecule has 0 aliphatic rings. The smallest absolute Gasteiger partial charge is 0.261 e. The molecule has 0 aromatic heterocycles. The van der Waals surface area contributed by atoms with E-state index in [-0.39, 0.29) is 15.1 Å². The second kappa shape index (κ2) is 5.71. The van der Waals surface area contributed by atoms with Gasteiger partial charge >= 0.3 is 0 Å². The third kappa shape index (κ3) is 3.31. The summed E-state index contributed by atoms with van der Waals surface area (Å²) in [4.78, 5) is 0.0598. The minimum Gasteiger partial charge on any atom is -0.279 e. The fraction of sp³-hybridized carbons (Fsp3) is 0.0769. The molecule has 0 spiro atoms. The molecule has 0 bridgehead atoms. The molecule has 0 atom stereocenters. The molecule has 0 unspecified atom stereocenters. The lowest BCUT2D eigenvalue weighted by molar-refractivity contribution is 0.601. The van der Waals surface area contributed by atoms with Gasteiger partial charge in [0, 0.05) is 5.02 Å². The fourth-order valence-electron chi connectivity index (χ4n) is 1.57. The van der Waals surface area contributed by atoms with Crippen molar-refractivity contribution in [3.8, 4) is 0 Å². The van der Waals surface area contributed by atoms with Crippen LogP contribution >= 0.6 is 27.5 Å². The molecular weight excluding hydrogens is 369 g/mol. The maximum Gasteiger partial charge on any atom is 0.261 e. The van der Waals surface area contributed by atoms with Crippen LogP contribution < -0.4 is 4.72 Å². The SMILES string of the molecule is Cc1cc(Br)c(F)cc1NS(=O)(=O)c1ccc(Cl)cc1. The van der Waals surface area contributed by atoms with E-state index in [1.54, 1.807) is 6.92 Å². The predicted octanol–water partition coefficient (Wildman–Crippen LogP) is 4.35. The third-order valence-corrected chi connectivity index (χ3v) is 4.88. The molecule has 0 saturated heterocycles. The lowest BCUT2D eigenvalue weighted by Crippen LogP contribution is -2.14. The highest BCUT2D eigenvalue weighted by Crippen LogP contribution is 2.26. The molecule has 2 aromatic carbocycles. The van der Waals surface area contributed by atoms with Crippen LogP contribution in [-0.4, -0.2) is 8.42 Å². The molecule has 0 aliphatic carbocycles. The quantitative estimate of drug-likeness (QED) is 0.863. The van der Waals surface area contributed by atoms with E-state index in [0.29, 0.717) is 10.6 Å². The average Bonchev–Trinajstić information content (AvgIpc) is 2.36. The Labute approximate surface area is 130 Å². The van der Waals surface area contributed by atoms with Gasteiger partial charge in [-0.25, -0.2) is 12.8 Å². The van der Waals surface area contributed by atoms with E-state index in [1.165, 1.54) is 30.3 Å². The standard InChI is InChI=1S/C13H10BrClFNO2S/c1-8-6-11(14)12(16)7-13(8)17-20(18,19)10-4-2-9(15)3-5-10/h2-7,17H,1H3. The number of hydrogen-bond donors (Lipinski definition) is 1. The number of anilines is 1. The fourth-order valence-corrected chi connectivity index (χ4v) is 3.28. The molecule has 7 heteroatoms. The Morgan fingerprint density at radius 1 is 1.20 bits per heavy atom. The summed E-state index contributed by atoms with van der Waals surface area (Å²) in [6.07, 6.45) is 0. The van der Waals surface area contributed by atoms with Crippen molar-refractivity contribution in [2.75, 3.05) is 4.72 Å². The van der Waals surface area contributed by atoms with Crippen molar-refractivity contribution >= 4 is 43.2 Å². The zero-order chi connectivity index (χ0) is 14.9. The van der Waals surface area contributed by atoms with Gasteiger partial charge in [-0.1, -0.05) is 11.6 Å². The summed E-state index contributed by atoms with van der Waals surface area (Å²) < 4.78 is 40.5. The molecule has 0 fully saturated rings. The summed E-state index contributed by atoms with van der Waals surface area (Å²) >= 11 is 8.76. The molecule has 1 N–H and O–H groups in total. The van der Waals surface area contributed by atoms with Gasteiger partial charge < -0.3 is 0 Å². The van der Waals surface area contributed by atoms with E-state index in [9.17, 15) is 12.8 Å². The number of nitrogens with one attached hydrogen (secondary N) is 1. The summed E-state index contributed by atoms with van der Waals surface area (Å²) in [6.45, 7) is 1.68. The Morgan fingerprint density at radius 2 is 1.80 bits per heavy atom. The van der Waals surface area contributed by atoms with E-state index in [0.717, 1.165) is 6.07 Å². The number of aryl methyl sites for hydroxylation is 1. The number of rotatable bonds is 3. The number of benzene rings is 2. The van der Waals surface area contributed by atoms with Crippen LogP contribution in [0.4, 0.5) is 10.1 Å². The van der Waals surface area contributed by atoms with Crippen LogP contribution in [0.5, 0.6) is 0 Å². The molecule has 3 nitrogen and oxygen atoms in total. The monoisotopic (exact) mass is 377 g/mol. The van der Waals surface area contributed by atoms with Crippen molar-refractivity contribution in [1.29, 1.82) is 0 Å². The zero-order valence-electron chi connectivity index (χ0n) is 10.3. The summed E-state index contributed by atoms with van der Waals surface area (Å²) in [5.74, 6) is -0.538. The largest absolute Gasteiger partial charge is 0.279 e. The van der Waals surface area contributed by atoms with Crippen LogP contribution in [0.2, 0.25) is 5.02 Å². The molecule has 0 amide bonds. The first-order valence-corrected chi connectivity index (χ1v) is 8.19. The van der Waals surface area contributed by atoms with E-state index < -0.39 is 15.8 Å². The zero-order valence-corrected chi connectivity index (χ0v) is 13.5. The summed E-state index contributed by atoms with van der Waals surface area (Å²) in [5, 5.41) is 0.440. The highest BCUT2D eigenvalue weighted by molar-refractivity contribution is 9.10. The summed E-state index contributed by atoms with van der Waals surface area (Å²) in [5.41, 5.74) is 0.802. The maximum atomic E-state index is 13.5. The van der Waals surface area contributed by atoms with Crippen LogP contribution in [0.15, 0.2) is 45.8 Å². The molecule has 20 heavy (non-hydrogen) atoms. The molecule has 0 radical (unpaired) electrons. The van der Waals surface area contributed by atoms with E-state index in [1.807, 2.05) is 0 Å². The van der Waals surface area contributed by atoms with Crippen molar-refractivity contribution < 1.29 is 12.8 Å². The van der Waals surface area contributed by atoms with Crippen LogP contribution in [0.1, 0.15) is 5.56 Å². The van der Waals surface area contributed by atoms with Crippen molar-refractivity contribution in [3.63, 3.8) is 0 Å². The second-order valence-electron chi connectivity index (χ2n) is 4.14. The van der Waals surface area contributed by atoms with Gasteiger partial charge in [0.25, 0.3) is 10.0 Å². The summed E-state index contributed by atoms with van der Waals surface area (Å²) in [7, 11) is -3.77. The Bertz CT molecular complexity index is 748. The number of sulfonamides is 1. The topological polar surface area (TPSA) is 46.2 Å². The Morgan fingerprint density at radius 3 is 2.40 bits per heavy atom. The lowest BCUT2D eigenvalue weighted by atomic mass is 10.2. The van der Waals surface area contributed by atoms with Crippen LogP contribution in [0.25, 0.3) is 0 Å². The van der Waals surface area contributed by atoms with Gasteiger partial charge in [0.15, 0.2) is 0 Å². The molecule has 0 aliphatic heterocycles. The first-order valence-electron chi connectivity index (χ1n) is 5.53. The lowest BCUT2D eigenvalue weighted by Gasteiger charge is -2.11. The molecular formula is C13H10BrClFNO2S. The van der Waals surface area contributed by atoms with Crippen LogP contribution in [-0.2, 0) is 10.0 Å². The first-order chi connectivity index (χ1) is 9.29. The van der Waals surface area contributed by atoms with Crippen LogP contribution in [0.3, 0.4) is 0 Å². The van der Waals surface area contributed by atoms with E-state index in [4.69, 9.17) is 11.6 Å². The van der Waals surface area contributed by atoms with Crippen molar-refractivity contribution in [3.05, 3.63) is 57.3 Å². The number of hydrogen-bond acceptors (Lipinski definition) is 2. The van der Waals surface area contributed by atoms with Gasteiger partial charge in [-0.2, -0.15) is 0 Å². The van der Waals surface area contributed by atoms with Crippen LogP contribution in [0, 0.1) is 12.7 Å². The summed E-state index contributed by atoms with van der Waals surface area (Å²) in [6, 6.07) is 8.36. The van der Waals surface area contributed by atoms with Crippen molar-refractivity contribution in [2.24, 2.45) is 0 Å². The van der Waals surface area contributed by atoms with Gasteiger partial charge in [0.2, 0.25) is 0 Å². The molecule has 0 heterocycles. The Hall–Kier alpha value is -1.11. The van der Waals surface area contributed by atoms with Gasteiger partial charge in [-0.3, -0.25) is 4.72 Å². The Kier molecular flexibility index (Phi) is 4.36. The molecule has 106 valence electrons.